The lowest BCUT2D eigenvalue weighted by Crippen LogP contribution is -2.46. The molecular weight excluding hydrogens is 314 g/mol. The average Bonchev–Trinajstić information content (AvgIpc) is 2.99. The number of aromatic nitrogens is 2. The van der Waals surface area contributed by atoms with Crippen LogP contribution in [0.4, 0.5) is 0 Å². The quantitative estimate of drug-likeness (QED) is 0.927. The van der Waals surface area contributed by atoms with Crippen molar-refractivity contribution in [2.24, 2.45) is 5.92 Å². The molecule has 0 aliphatic heterocycles. The van der Waals surface area contributed by atoms with Gasteiger partial charge in [-0.3, -0.25) is 14.6 Å². The largest absolute Gasteiger partial charge is 0.358 e. The molecule has 0 saturated carbocycles. The third kappa shape index (κ3) is 3.36. The highest BCUT2D eigenvalue weighted by atomic mass is 16.2. The van der Waals surface area contributed by atoms with Crippen LogP contribution in [0.5, 0.6) is 0 Å². The second kappa shape index (κ2) is 6.82. The molecule has 0 saturated heterocycles. The summed E-state index contributed by atoms with van der Waals surface area (Å²) in [5.41, 5.74) is 3.48. The van der Waals surface area contributed by atoms with Crippen LogP contribution >= 0.6 is 0 Å². The van der Waals surface area contributed by atoms with Crippen molar-refractivity contribution < 1.29 is 9.59 Å². The molecule has 2 heterocycles. The molecule has 3 rings (SSSR count). The number of nitrogens with zero attached hydrogens (tertiary/aromatic N) is 2. The van der Waals surface area contributed by atoms with E-state index in [9.17, 15) is 9.59 Å². The van der Waals surface area contributed by atoms with Crippen LogP contribution in [0.3, 0.4) is 0 Å². The number of nitrogens with one attached hydrogen (secondary N) is 1. The number of Topliss-reactive ketones (excluding diaryl/α,β-unsaturated/α-hetero) is 1. The first kappa shape index (κ1) is 17.4. The van der Waals surface area contributed by atoms with Crippen molar-refractivity contribution in [3.05, 3.63) is 41.9 Å². The summed E-state index contributed by atoms with van der Waals surface area (Å²) in [7, 11) is 0. The van der Waals surface area contributed by atoms with E-state index >= 15 is 0 Å². The van der Waals surface area contributed by atoms with Gasteiger partial charge < -0.3 is 9.88 Å². The maximum atomic E-state index is 13.0. The molecule has 1 atom stereocenters. The Bertz CT molecular complexity index is 769. The molecule has 5 nitrogen and oxygen atoms in total. The summed E-state index contributed by atoms with van der Waals surface area (Å²) >= 11 is 0. The first-order valence-corrected chi connectivity index (χ1v) is 8.86. The first-order valence-electron chi connectivity index (χ1n) is 8.86. The van der Waals surface area contributed by atoms with E-state index in [1.54, 1.807) is 12.4 Å². The van der Waals surface area contributed by atoms with Gasteiger partial charge in [-0.15, -0.1) is 0 Å². The molecule has 1 amide bonds. The fourth-order valence-electron chi connectivity index (χ4n) is 3.74. The van der Waals surface area contributed by atoms with Gasteiger partial charge in [-0.1, -0.05) is 0 Å². The molecule has 1 N–H and O–H groups in total. The summed E-state index contributed by atoms with van der Waals surface area (Å²) in [4.78, 5) is 34.8. The maximum absolute atomic E-state index is 13.0. The van der Waals surface area contributed by atoms with Gasteiger partial charge in [-0.05, 0) is 45.9 Å². The Labute approximate surface area is 148 Å². The normalized spacial score (nSPS) is 17.0. The molecule has 1 aliphatic rings. The predicted molar refractivity (Wildman–Crippen MR) is 97.3 cm³/mol. The smallest absolute Gasteiger partial charge is 0.226 e. The molecule has 5 heteroatoms. The third-order valence-corrected chi connectivity index (χ3v) is 4.79. The van der Waals surface area contributed by atoms with Crippen LogP contribution in [-0.2, 0) is 11.2 Å². The van der Waals surface area contributed by atoms with E-state index in [1.165, 1.54) is 0 Å². The van der Waals surface area contributed by atoms with E-state index in [-0.39, 0.29) is 36.1 Å². The average molecular weight is 339 g/mol. The minimum Gasteiger partial charge on any atom is -0.358 e. The molecule has 1 unspecified atom stereocenters. The van der Waals surface area contributed by atoms with Gasteiger partial charge in [0, 0.05) is 59.8 Å². The van der Waals surface area contributed by atoms with E-state index in [1.807, 2.05) is 50.8 Å². The summed E-state index contributed by atoms with van der Waals surface area (Å²) < 4.78 is 0. The van der Waals surface area contributed by atoms with Crippen molar-refractivity contribution in [1.82, 2.24) is 14.9 Å². The third-order valence-electron chi connectivity index (χ3n) is 4.79. The Morgan fingerprint density at radius 3 is 2.40 bits per heavy atom. The highest BCUT2D eigenvalue weighted by molar-refractivity contribution is 6.02. The Hall–Kier alpha value is -2.43. The Morgan fingerprint density at radius 1 is 1.16 bits per heavy atom. The molecule has 0 fully saturated rings. The number of carbonyl (C=O) groups excluding carboxylic acids is 2. The second-order valence-corrected chi connectivity index (χ2v) is 7.27. The molecule has 0 bridgehead atoms. The van der Waals surface area contributed by atoms with Crippen LogP contribution in [0.15, 0.2) is 30.6 Å². The number of H-pyrrole nitrogens is 1. The van der Waals surface area contributed by atoms with E-state index < -0.39 is 0 Å². The summed E-state index contributed by atoms with van der Waals surface area (Å²) in [6.07, 6.45) is 4.33. The topological polar surface area (TPSA) is 66.1 Å². The van der Waals surface area contributed by atoms with Crippen molar-refractivity contribution in [1.29, 1.82) is 0 Å². The van der Waals surface area contributed by atoms with Crippen LogP contribution < -0.4 is 0 Å². The monoisotopic (exact) mass is 339 g/mol. The number of amides is 1. The number of fused-ring (bicyclic) bond motifs is 1. The summed E-state index contributed by atoms with van der Waals surface area (Å²) in [6.45, 7) is 8.07. The Morgan fingerprint density at radius 2 is 1.80 bits per heavy atom. The van der Waals surface area contributed by atoms with Crippen molar-refractivity contribution in [3.8, 4) is 11.3 Å². The lowest BCUT2D eigenvalue weighted by Gasteiger charge is -2.35. The SMILES string of the molecule is CC(C)N(C(=O)C1CC(=O)c2cc(-c3ccncc3)[nH]c2C1)C(C)C. The molecule has 2 aromatic heterocycles. The van der Waals surface area contributed by atoms with E-state index in [2.05, 4.69) is 9.97 Å². The fraction of sp³-hybridized carbons (Fsp3) is 0.450. The van der Waals surface area contributed by atoms with Crippen molar-refractivity contribution in [2.45, 2.75) is 52.6 Å². The van der Waals surface area contributed by atoms with Crippen molar-refractivity contribution in [2.75, 3.05) is 0 Å². The minimum atomic E-state index is -0.284. The van der Waals surface area contributed by atoms with Crippen LogP contribution in [0.1, 0.15) is 50.2 Å². The second-order valence-electron chi connectivity index (χ2n) is 7.27. The lowest BCUT2D eigenvalue weighted by molar-refractivity contribution is -0.139. The van der Waals surface area contributed by atoms with Crippen molar-refractivity contribution in [3.63, 3.8) is 0 Å². The summed E-state index contributed by atoms with van der Waals surface area (Å²) in [6, 6.07) is 5.96. The number of pyridine rings is 1. The zero-order chi connectivity index (χ0) is 18.1. The van der Waals surface area contributed by atoms with Gasteiger partial charge in [-0.25, -0.2) is 0 Å². The standard InChI is InChI=1S/C20H25N3O2/c1-12(2)23(13(3)4)20(25)15-9-18-16(19(24)10-15)11-17(22-18)14-5-7-21-8-6-14/h5-8,11-13,15,22H,9-10H2,1-4H3. The molecule has 132 valence electrons. The zero-order valence-electron chi connectivity index (χ0n) is 15.2. The van der Waals surface area contributed by atoms with Crippen LogP contribution in [0.25, 0.3) is 11.3 Å². The Balaban J connectivity index is 1.87. The molecular formula is C20H25N3O2. The highest BCUT2D eigenvalue weighted by Crippen LogP contribution is 2.31. The van der Waals surface area contributed by atoms with E-state index in [0.717, 1.165) is 22.5 Å². The number of carbonyl (C=O) groups is 2. The van der Waals surface area contributed by atoms with E-state index in [0.29, 0.717) is 6.42 Å². The van der Waals surface area contributed by atoms with Gasteiger partial charge in [0.1, 0.15) is 0 Å². The van der Waals surface area contributed by atoms with Crippen LogP contribution in [0, 0.1) is 5.92 Å². The molecule has 0 aromatic carbocycles. The molecule has 0 radical (unpaired) electrons. The van der Waals surface area contributed by atoms with Gasteiger partial charge in [-0.2, -0.15) is 0 Å². The van der Waals surface area contributed by atoms with Gasteiger partial charge in [0.05, 0.1) is 5.92 Å². The first-order chi connectivity index (χ1) is 11.9. The van der Waals surface area contributed by atoms with Crippen molar-refractivity contribution >= 4 is 11.7 Å². The lowest BCUT2D eigenvalue weighted by atomic mass is 9.85. The predicted octanol–water partition coefficient (Wildman–Crippen LogP) is 3.47. The van der Waals surface area contributed by atoms with Gasteiger partial charge >= 0.3 is 0 Å². The van der Waals surface area contributed by atoms with E-state index in [4.69, 9.17) is 0 Å². The summed E-state index contributed by atoms with van der Waals surface area (Å²) in [5, 5.41) is 0. The van der Waals surface area contributed by atoms with Crippen LogP contribution in [-0.4, -0.2) is 38.6 Å². The number of hydrogen-bond acceptors (Lipinski definition) is 3. The number of rotatable bonds is 4. The van der Waals surface area contributed by atoms with Gasteiger partial charge in [0.25, 0.3) is 0 Å². The molecule has 2 aromatic rings. The number of aromatic amines is 1. The number of ketones is 1. The highest BCUT2D eigenvalue weighted by Gasteiger charge is 2.35. The molecule has 0 spiro atoms. The fourth-order valence-corrected chi connectivity index (χ4v) is 3.74. The van der Waals surface area contributed by atoms with Crippen LogP contribution in [0.2, 0.25) is 0 Å². The number of hydrogen-bond donors (Lipinski definition) is 1. The molecule has 1 aliphatic carbocycles. The van der Waals surface area contributed by atoms with Gasteiger partial charge in [0.2, 0.25) is 5.91 Å². The summed E-state index contributed by atoms with van der Waals surface area (Å²) in [5.74, 6) is -0.165. The Kier molecular flexibility index (Phi) is 4.75. The zero-order valence-corrected chi connectivity index (χ0v) is 15.2. The molecule has 25 heavy (non-hydrogen) atoms. The van der Waals surface area contributed by atoms with Gasteiger partial charge in [0.15, 0.2) is 5.78 Å². The maximum Gasteiger partial charge on any atom is 0.226 e. The minimum absolute atomic E-state index is 0.0450.